The molecule has 33 heavy (non-hydrogen) atoms. The van der Waals surface area contributed by atoms with Crippen LogP contribution in [0, 0.1) is 0 Å². The highest BCUT2D eigenvalue weighted by molar-refractivity contribution is 7.86. The van der Waals surface area contributed by atoms with Crippen molar-refractivity contribution in [2.75, 3.05) is 31.5 Å². The number of fused-ring (bicyclic) bond motifs is 1. The average molecular weight is 531 g/mol. The molecular weight excluding hydrogens is 507 g/mol. The predicted octanol–water partition coefficient (Wildman–Crippen LogP) is 4.29. The Morgan fingerprint density at radius 2 is 2.09 bits per heavy atom. The summed E-state index contributed by atoms with van der Waals surface area (Å²) in [6.45, 7) is 3.81. The summed E-state index contributed by atoms with van der Waals surface area (Å²) in [4.78, 5) is 17.4. The normalized spacial score (nSPS) is 23.6. The standard InChI is InChI=1S/C21H24Cl2N4O4S2/c22-15-5-3-8-21(23,18(15)33(29,30)31)14-6-7-16-17(13-14)32-20(25-16)26-19(28)24-9-4-12-27-10-1-2-11-27/h3,5-8,13,18H,1-2,4,9-12H2,(H,29,30,31)(H2,24,25,26,28). The smallest absolute Gasteiger partial charge is 0.321 e. The number of alkyl halides is 1. The van der Waals surface area contributed by atoms with Crippen molar-refractivity contribution in [1.82, 2.24) is 15.2 Å². The van der Waals surface area contributed by atoms with E-state index in [1.54, 1.807) is 24.3 Å². The zero-order valence-corrected chi connectivity index (χ0v) is 20.8. The fourth-order valence-electron chi connectivity index (χ4n) is 4.13. The Labute approximate surface area is 206 Å². The number of aromatic nitrogens is 1. The Morgan fingerprint density at radius 1 is 1.33 bits per heavy atom. The van der Waals surface area contributed by atoms with E-state index >= 15 is 0 Å². The van der Waals surface area contributed by atoms with E-state index < -0.39 is 20.2 Å². The summed E-state index contributed by atoms with van der Waals surface area (Å²) in [6.07, 6.45) is 7.79. The SMILES string of the molecule is O=C(NCCCN1CCCC1)Nc1nc2ccc(C3(Cl)C=CC=C(Cl)C3S(=O)(=O)O)cc2s1. The molecule has 12 heteroatoms. The molecule has 1 fully saturated rings. The van der Waals surface area contributed by atoms with Crippen molar-refractivity contribution in [1.29, 1.82) is 0 Å². The number of benzene rings is 1. The Kier molecular flexibility index (Phi) is 7.32. The highest BCUT2D eigenvalue weighted by Crippen LogP contribution is 2.45. The number of thiazole rings is 1. The van der Waals surface area contributed by atoms with Gasteiger partial charge in [-0.25, -0.2) is 9.78 Å². The van der Waals surface area contributed by atoms with Crippen molar-refractivity contribution >= 4 is 66.0 Å². The molecule has 8 nitrogen and oxygen atoms in total. The molecule has 0 spiro atoms. The maximum absolute atomic E-state index is 12.2. The number of urea groups is 1. The first kappa shape index (κ1) is 24.4. The van der Waals surface area contributed by atoms with E-state index in [1.807, 2.05) is 0 Å². The topological polar surface area (TPSA) is 112 Å². The minimum absolute atomic E-state index is 0.0804. The number of halogens is 2. The van der Waals surface area contributed by atoms with Crippen LogP contribution in [0.4, 0.5) is 9.93 Å². The van der Waals surface area contributed by atoms with Crippen LogP contribution in [0.1, 0.15) is 24.8 Å². The molecule has 1 aliphatic heterocycles. The van der Waals surface area contributed by atoms with Crippen LogP contribution in [0.3, 0.4) is 0 Å². The highest BCUT2D eigenvalue weighted by Gasteiger charge is 2.47. The number of nitrogens with one attached hydrogen (secondary N) is 2. The van der Waals surface area contributed by atoms with Crippen LogP contribution in [0.15, 0.2) is 41.5 Å². The van der Waals surface area contributed by atoms with Crippen LogP contribution < -0.4 is 10.6 Å². The number of hydrogen-bond acceptors (Lipinski definition) is 6. The molecule has 1 aromatic carbocycles. The summed E-state index contributed by atoms with van der Waals surface area (Å²) < 4.78 is 34.4. The van der Waals surface area contributed by atoms with Gasteiger partial charge in [-0.05, 0) is 62.7 Å². The fraction of sp³-hybridized carbons (Fsp3) is 0.429. The Hall–Kier alpha value is -1.69. The number of nitrogens with zero attached hydrogens (tertiary/aromatic N) is 2. The Balaban J connectivity index is 1.44. The van der Waals surface area contributed by atoms with Gasteiger partial charge in [0.2, 0.25) is 0 Å². The van der Waals surface area contributed by atoms with E-state index in [1.165, 1.54) is 36.3 Å². The first-order valence-electron chi connectivity index (χ1n) is 10.6. The Morgan fingerprint density at radius 3 is 2.82 bits per heavy atom. The van der Waals surface area contributed by atoms with E-state index in [0.717, 1.165) is 26.1 Å². The molecule has 2 aliphatic rings. The summed E-state index contributed by atoms with van der Waals surface area (Å²) in [5.74, 6) is 0. The number of anilines is 1. The molecule has 2 unspecified atom stereocenters. The van der Waals surface area contributed by atoms with Crippen molar-refractivity contribution < 1.29 is 17.8 Å². The molecule has 2 atom stereocenters. The maximum atomic E-state index is 12.2. The monoisotopic (exact) mass is 530 g/mol. The first-order chi connectivity index (χ1) is 15.7. The van der Waals surface area contributed by atoms with Gasteiger partial charge >= 0.3 is 6.03 Å². The third-order valence-corrected chi connectivity index (χ3v) is 9.03. The molecule has 0 saturated carbocycles. The van der Waals surface area contributed by atoms with E-state index in [4.69, 9.17) is 23.2 Å². The van der Waals surface area contributed by atoms with Gasteiger partial charge in [0.05, 0.1) is 10.2 Å². The van der Waals surface area contributed by atoms with E-state index in [2.05, 4.69) is 20.5 Å². The molecule has 0 radical (unpaired) electrons. The second-order valence-electron chi connectivity index (χ2n) is 8.06. The molecular formula is C21H24Cl2N4O4S2. The van der Waals surface area contributed by atoms with Crippen molar-refractivity contribution in [2.45, 2.75) is 29.4 Å². The maximum Gasteiger partial charge on any atom is 0.321 e. The Bertz CT molecular complexity index is 1210. The van der Waals surface area contributed by atoms with Gasteiger partial charge < -0.3 is 10.2 Å². The van der Waals surface area contributed by atoms with Crippen LogP contribution in [-0.4, -0.2) is 60.3 Å². The van der Waals surface area contributed by atoms with Crippen LogP contribution in [0.5, 0.6) is 0 Å². The van der Waals surface area contributed by atoms with E-state index in [9.17, 15) is 17.8 Å². The number of carbonyl (C=O) groups is 1. The van der Waals surface area contributed by atoms with Gasteiger partial charge in [-0.3, -0.25) is 9.87 Å². The molecule has 2 aromatic rings. The largest absolute Gasteiger partial charge is 0.338 e. The van der Waals surface area contributed by atoms with Gasteiger partial charge in [0.1, 0.15) is 10.1 Å². The summed E-state index contributed by atoms with van der Waals surface area (Å²) >= 11 is 14.0. The summed E-state index contributed by atoms with van der Waals surface area (Å²) in [5.41, 5.74) is 1.06. The number of hydrogen-bond donors (Lipinski definition) is 3. The molecule has 0 bridgehead atoms. The first-order valence-corrected chi connectivity index (χ1v) is 13.6. The van der Waals surface area contributed by atoms with Crippen LogP contribution in [0.25, 0.3) is 10.2 Å². The molecule has 1 saturated heterocycles. The number of carbonyl (C=O) groups excluding carboxylic acids is 1. The molecule has 4 rings (SSSR count). The van der Waals surface area contributed by atoms with Crippen molar-refractivity contribution in [3.8, 4) is 0 Å². The fourth-order valence-corrected chi connectivity index (χ4v) is 7.33. The van der Waals surface area contributed by atoms with E-state index in [0.29, 0.717) is 27.5 Å². The van der Waals surface area contributed by atoms with Crippen molar-refractivity contribution in [3.05, 3.63) is 47.0 Å². The quantitative estimate of drug-likeness (QED) is 0.279. The number of likely N-dealkylation sites (tertiary alicyclic amines) is 1. The van der Waals surface area contributed by atoms with Crippen molar-refractivity contribution in [2.24, 2.45) is 0 Å². The van der Waals surface area contributed by atoms with Gasteiger partial charge in [-0.1, -0.05) is 41.2 Å². The third kappa shape index (κ3) is 5.52. The lowest BCUT2D eigenvalue weighted by molar-refractivity contribution is 0.251. The summed E-state index contributed by atoms with van der Waals surface area (Å²) in [7, 11) is -4.58. The number of allylic oxidation sites excluding steroid dienone is 3. The minimum atomic E-state index is -4.58. The summed E-state index contributed by atoms with van der Waals surface area (Å²) in [6, 6.07) is 4.68. The second kappa shape index (κ2) is 9.89. The van der Waals surface area contributed by atoms with Gasteiger partial charge in [0.25, 0.3) is 10.1 Å². The third-order valence-electron chi connectivity index (χ3n) is 5.71. The number of amides is 2. The lowest BCUT2D eigenvalue weighted by Gasteiger charge is -2.33. The average Bonchev–Trinajstić information content (AvgIpc) is 3.38. The van der Waals surface area contributed by atoms with Crippen LogP contribution >= 0.6 is 34.5 Å². The van der Waals surface area contributed by atoms with Gasteiger partial charge in [0.15, 0.2) is 5.13 Å². The molecule has 2 heterocycles. The minimum Gasteiger partial charge on any atom is -0.338 e. The van der Waals surface area contributed by atoms with Crippen LogP contribution in [0.2, 0.25) is 0 Å². The van der Waals surface area contributed by atoms with E-state index in [-0.39, 0.29) is 11.1 Å². The van der Waals surface area contributed by atoms with Crippen LogP contribution in [-0.2, 0) is 15.0 Å². The summed E-state index contributed by atoms with van der Waals surface area (Å²) in [5, 5.41) is 4.37. The molecule has 1 aromatic heterocycles. The predicted molar refractivity (Wildman–Crippen MR) is 133 cm³/mol. The van der Waals surface area contributed by atoms with Crippen molar-refractivity contribution in [3.63, 3.8) is 0 Å². The molecule has 3 N–H and O–H groups in total. The molecule has 178 valence electrons. The second-order valence-corrected chi connectivity index (χ2v) is 11.7. The van der Waals surface area contributed by atoms with Gasteiger partial charge in [-0.2, -0.15) is 8.42 Å². The zero-order valence-electron chi connectivity index (χ0n) is 17.6. The lowest BCUT2D eigenvalue weighted by atomic mass is 9.90. The van der Waals surface area contributed by atoms with Gasteiger partial charge in [-0.15, -0.1) is 11.6 Å². The zero-order chi connectivity index (χ0) is 23.6. The lowest BCUT2D eigenvalue weighted by Crippen LogP contribution is -2.40. The molecule has 2 amide bonds. The highest BCUT2D eigenvalue weighted by atomic mass is 35.5. The van der Waals surface area contributed by atoms with Gasteiger partial charge in [0, 0.05) is 11.6 Å². The molecule has 1 aliphatic carbocycles. The number of rotatable bonds is 7.